The molecule has 0 saturated heterocycles. The maximum Gasteiger partial charge on any atom is 0.196 e. The van der Waals surface area contributed by atoms with Gasteiger partial charge < -0.3 is 4.74 Å². The van der Waals surface area contributed by atoms with Crippen LogP contribution in [0.5, 0.6) is 5.75 Å². The Balaban J connectivity index is 1.79. The number of aryl methyl sites for hydroxylation is 2. The normalized spacial score (nSPS) is 11.3. The van der Waals surface area contributed by atoms with Gasteiger partial charge in [-0.05, 0) is 48.6 Å². The van der Waals surface area contributed by atoms with Gasteiger partial charge in [0.05, 0.1) is 12.6 Å². The van der Waals surface area contributed by atoms with E-state index >= 15 is 0 Å². The Morgan fingerprint density at radius 1 is 1.00 bits per heavy atom. The monoisotopic (exact) mass is 349 g/mol. The fraction of sp³-hybridized carbons (Fsp3) is 0.200. The summed E-state index contributed by atoms with van der Waals surface area (Å²) >= 11 is 1.70. The third-order valence-corrected chi connectivity index (χ3v) is 5.33. The van der Waals surface area contributed by atoms with Crippen LogP contribution in [0, 0.1) is 13.8 Å². The quantitative estimate of drug-likeness (QED) is 0.496. The molecule has 0 N–H and O–H groups in total. The average Bonchev–Trinajstić information content (AvgIpc) is 3.06. The van der Waals surface area contributed by atoms with Gasteiger partial charge in [0.25, 0.3) is 0 Å². The van der Waals surface area contributed by atoms with Crippen LogP contribution in [0.3, 0.4) is 0 Å². The minimum atomic E-state index is 0.834. The van der Waals surface area contributed by atoms with Crippen molar-refractivity contribution in [1.29, 1.82) is 0 Å². The number of hydrogen-bond donors (Lipinski definition) is 0. The van der Waals surface area contributed by atoms with Crippen LogP contribution in [-0.2, 0) is 5.75 Å². The van der Waals surface area contributed by atoms with Gasteiger partial charge in [-0.25, -0.2) is 0 Å². The van der Waals surface area contributed by atoms with Crippen LogP contribution in [0.1, 0.15) is 16.7 Å². The molecule has 0 unspecified atom stereocenters. The smallest absolute Gasteiger partial charge is 0.196 e. The molecule has 2 heterocycles. The maximum absolute atomic E-state index is 5.40. The Hall–Kier alpha value is -2.53. The van der Waals surface area contributed by atoms with Crippen LogP contribution in [0.25, 0.3) is 16.6 Å². The maximum atomic E-state index is 5.40. The van der Waals surface area contributed by atoms with Crippen molar-refractivity contribution in [2.75, 3.05) is 7.11 Å². The molecule has 0 aliphatic carbocycles. The second-order valence-electron chi connectivity index (χ2n) is 6.17. The van der Waals surface area contributed by atoms with E-state index in [4.69, 9.17) is 4.74 Å². The molecule has 0 radical (unpaired) electrons. The molecule has 2 aromatic heterocycles. The molecule has 0 bridgehead atoms. The van der Waals surface area contributed by atoms with Crippen molar-refractivity contribution in [3.63, 3.8) is 0 Å². The zero-order valence-electron chi connectivity index (χ0n) is 14.5. The number of fused-ring (bicyclic) bond motifs is 3. The molecule has 126 valence electrons. The van der Waals surface area contributed by atoms with E-state index in [1.807, 2.05) is 12.1 Å². The van der Waals surface area contributed by atoms with Gasteiger partial charge in [-0.15, -0.1) is 10.2 Å². The summed E-state index contributed by atoms with van der Waals surface area (Å²) in [6.07, 6.45) is 0. The van der Waals surface area contributed by atoms with E-state index in [-0.39, 0.29) is 0 Å². The van der Waals surface area contributed by atoms with Gasteiger partial charge >= 0.3 is 0 Å². The molecule has 4 aromatic rings. The minimum absolute atomic E-state index is 0.834. The Morgan fingerprint density at radius 2 is 1.80 bits per heavy atom. The molecule has 0 fully saturated rings. The lowest BCUT2D eigenvalue weighted by atomic mass is 10.1. The first kappa shape index (κ1) is 16.0. The number of rotatable bonds is 4. The molecule has 0 spiro atoms. The molecule has 0 aliphatic heterocycles. The van der Waals surface area contributed by atoms with Gasteiger partial charge in [-0.1, -0.05) is 41.6 Å². The summed E-state index contributed by atoms with van der Waals surface area (Å²) in [6.45, 7) is 4.17. The lowest BCUT2D eigenvalue weighted by Gasteiger charge is -2.09. The van der Waals surface area contributed by atoms with E-state index in [1.165, 1.54) is 11.1 Å². The standard InChI is InChI=1S/C20H19N3OS/c1-13-4-6-15(7-5-13)12-25-20-22-21-19-14(2)10-16-8-9-17(24-3)11-18(16)23(19)20/h4-11H,12H2,1-3H3. The number of ether oxygens (including phenoxy) is 1. The number of thioether (sulfide) groups is 1. The number of nitrogens with zero attached hydrogens (tertiary/aromatic N) is 3. The van der Waals surface area contributed by atoms with Crippen LogP contribution < -0.4 is 4.74 Å². The lowest BCUT2D eigenvalue weighted by molar-refractivity contribution is 0.415. The summed E-state index contributed by atoms with van der Waals surface area (Å²) in [6, 6.07) is 16.9. The lowest BCUT2D eigenvalue weighted by Crippen LogP contribution is -1.95. The number of methoxy groups -OCH3 is 1. The van der Waals surface area contributed by atoms with Crippen molar-refractivity contribution < 1.29 is 4.74 Å². The molecule has 5 heteroatoms. The number of pyridine rings is 1. The summed E-state index contributed by atoms with van der Waals surface area (Å²) in [5.74, 6) is 1.70. The summed E-state index contributed by atoms with van der Waals surface area (Å²) < 4.78 is 7.53. The van der Waals surface area contributed by atoms with E-state index in [2.05, 4.69) is 64.8 Å². The third-order valence-electron chi connectivity index (χ3n) is 4.33. The van der Waals surface area contributed by atoms with Crippen LogP contribution in [-0.4, -0.2) is 21.7 Å². The molecular weight excluding hydrogens is 330 g/mol. The molecule has 4 nitrogen and oxygen atoms in total. The first-order valence-corrected chi connectivity index (χ1v) is 9.15. The second kappa shape index (κ2) is 6.41. The highest BCUT2D eigenvalue weighted by molar-refractivity contribution is 7.98. The topological polar surface area (TPSA) is 39.4 Å². The van der Waals surface area contributed by atoms with Crippen LogP contribution in [0.2, 0.25) is 0 Å². The zero-order chi connectivity index (χ0) is 17.4. The van der Waals surface area contributed by atoms with E-state index in [0.717, 1.165) is 38.8 Å². The largest absolute Gasteiger partial charge is 0.497 e. The van der Waals surface area contributed by atoms with Gasteiger partial charge in [0.2, 0.25) is 0 Å². The van der Waals surface area contributed by atoms with Crippen molar-refractivity contribution in [2.24, 2.45) is 0 Å². The molecular formula is C20H19N3OS. The van der Waals surface area contributed by atoms with Gasteiger partial charge in [-0.2, -0.15) is 0 Å². The molecule has 25 heavy (non-hydrogen) atoms. The van der Waals surface area contributed by atoms with Crippen molar-refractivity contribution in [2.45, 2.75) is 24.8 Å². The molecule has 0 amide bonds. The zero-order valence-corrected chi connectivity index (χ0v) is 15.3. The fourth-order valence-corrected chi connectivity index (χ4v) is 3.83. The van der Waals surface area contributed by atoms with Crippen molar-refractivity contribution in [3.8, 4) is 5.75 Å². The fourth-order valence-electron chi connectivity index (χ4n) is 2.93. The van der Waals surface area contributed by atoms with Crippen molar-refractivity contribution in [3.05, 3.63) is 65.2 Å². The third kappa shape index (κ3) is 2.96. The summed E-state index contributed by atoms with van der Waals surface area (Å²) in [4.78, 5) is 0. The average molecular weight is 349 g/mol. The highest BCUT2D eigenvalue weighted by atomic mass is 32.2. The first-order chi connectivity index (χ1) is 12.2. The number of hydrogen-bond acceptors (Lipinski definition) is 4. The predicted molar refractivity (Wildman–Crippen MR) is 103 cm³/mol. The molecule has 2 aromatic carbocycles. The van der Waals surface area contributed by atoms with Crippen molar-refractivity contribution >= 4 is 28.3 Å². The highest BCUT2D eigenvalue weighted by Crippen LogP contribution is 2.29. The van der Waals surface area contributed by atoms with Crippen molar-refractivity contribution in [1.82, 2.24) is 14.6 Å². The second-order valence-corrected chi connectivity index (χ2v) is 7.11. The Morgan fingerprint density at radius 3 is 2.56 bits per heavy atom. The summed E-state index contributed by atoms with van der Waals surface area (Å²) in [5.41, 5.74) is 5.63. The van der Waals surface area contributed by atoms with Gasteiger partial charge in [0.15, 0.2) is 10.8 Å². The number of aromatic nitrogens is 3. The van der Waals surface area contributed by atoms with Gasteiger partial charge in [0, 0.05) is 11.8 Å². The minimum Gasteiger partial charge on any atom is -0.497 e. The summed E-state index contributed by atoms with van der Waals surface area (Å²) in [7, 11) is 1.69. The Labute approximate surface area is 150 Å². The first-order valence-electron chi connectivity index (χ1n) is 8.16. The molecule has 0 aliphatic rings. The van der Waals surface area contributed by atoms with Crippen LogP contribution in [0.15, 0.2) is 53.7 Å². The van der Waals surface area contributed by atoms with E-state index in [0.29, 0.717) is 0 Å². The Kier molecular flexibility index (Phi) is 4.09. The van der Waals surface area contributed by atoms with Gasteiger partial charge in [0.1, 0.15) is 5.75 Å². The SMILES string of the molecule is COc1ccc2cc(C)c3nnc(SCc4ccc(C)cc4)n3c2c1. The number of benzene rings is 2. The predicted octanol–water partition coefficient (Wildman–Crippen LogP) is 4.80. The molecule has 0 atom stereocenters. The molecule has 4 rings (SSSR count). The molecule has 0 saturated carbocycles. The Bertz CT molecular complexity index is 1050. The van der Waals surface area contributed by atoms with E-state index < -0.39 is 0 Å². The van der Waals surface area contributed by atoms with Crippen LogP contribution >= 0.6 is 11.8 Å². The van der Waals surface area contributed by atoms with E-state index in [9.17, 15) is 0 Å². The highest BCUT2D eigenvalue weighted by Gasteiger charge is 2.13. The van der Waals surface area contributed by atoms with Crippen LogP contribution in [0.4, 0.5) is 0 Å². The van der Waals surface area contributed by atoms with Gasteiger partial charge in [-0.3, -0.25) is 4.40 Å². The summed E-state index contributed by atoms with van der Waals surface area (Å²) in [5, 5.41) is 10.9. The van der Waals surface area contributed by atoms with E-state index in [1.54, 1.807) is 18.9 Å².